The highest BCUT2D eigenvalue weighted by atomic mass is 16.2. The SMILES string of the molecule is Cc1nc2ccc(NC(=O)[C@H](N)CC(C)C)cc2[nH]1. The van der Waals surface area contributed by atoms with Gasteiger partial charge in [-0.1, -0.05) is 13.8 Å². The number of carbonyl (C=O) groups is 1. The molecule has 0 saturated carbocycles. The molecule has 2 rings (SSSR count). The van der Waals surface area contributed by atoms with E-state index in [4.69, 9.17) is 5.73 Å². The lowest BCUT2D eigenvalue weighted by atomic mass is 10.0. The molecule has 2 aromatic rings. The van der Waals surface area contributed by atoms with E-state index in [1.807, 2.05) is 39.0 Å². The predicted octanol–water partition coefficient (Wildman–Crippen LogP) is 2.18. The molecule has 5 heteroatoms. The van der Waals surface area contributed by atoms with Crippen molar-refractivity contribution in [3.05, 3.63) is 24.0 Å². The van der Waals surface area contributed by atoms with Crippen LogP contribution in [-0.4, -0.2) is 21.9 Å². The van der Waals surface area contributed by atoms with Crippen LogP contribution in [0.25, 0.3) is 11.0 Å². The van der Waals surface area contributed by atoms with Gasteiger partial charge in [0.1, 0.15) is 5.82 Å². The third-order valence-corrected chi connectivity index (χ3v) is 2.93. The molecule has 0 saturated heterocycles. The normalized spacial score (nSPS) is 12.9. The number of aromatic amines is 1. The van der Waals surface area contributed by atoms with Crippen molar-refractivity contribution in [3.8, 4) is 0 Å². The van der Waals surface area contributed by atoms with Crippen LogP contribution in [0.4, 0.5) is 5.69 Å². The molecule has 5 nitrogen and oxygen atoms in total. The lowest BCUT2D eigenvalue weighted by molar-refractivity contribution is -0.117. The molecule has 19 heavy (non-hydrogen) atoms. The third-order valence-electron chi connectivity index (χ3n) is 2.93. The van der Waals surface area contributed by atoms with Crippen LogP contribution >= 0.6 is 0 Å². The Balaban J connectivity index is 2.10. The zero-order valence-corrected chi connectivity index (χ0v) is 11.5. The topological polar surface area (TPSA) is 83.8 Å². The number of hydrogen-bond donors (Lipinski definition) is 3. The summed E-state index contributed by atoms with van der Waals surface area (Å²) in [5.74, 6) is 1.11. The lowest BCUT2D eigenvalue weighted by Crippen LogP contribution is -2.36. The predicted molar refractivity (Wildman–Crippen MR) is 76.9 cm³/mol. The van der Waals surface area contributed by atoms with E-state index in [2.05, 4.69) is 15.3 Å². The van der Waals surface area contributed by atoms with E-state index in [1.54, 1.807) is 0 Å². The molecule has 0 aliphatic carbocycles. The molecule has 0 bridgehead atoms. The summed E-state index contributed by atoms with van der Waals surface area (Å²) in [6, 6.07) is 5.11. The van der Waals surface area contributed by atoms with E-state index in [-0.39, 0.29) is 5.91 Å². The van der Waals surface area contributed by atoms with Crippen LogP contribution < -0.4 is 11.1 Å². The maximum atomic E-state index is 11.9. The second-order valence-corrected chi connectivity index (χ2v) is 5.28. The first kappa shape index (κ1) is 13.5. The zero-order valence-electron chi connectivity index (χ0n) is 11.5. The number of nitrogens with one attached hydrogen (secondary N) is 2. The van der Waals surface area contributed by atoms with Crippen LogP contribution in [0.15, 0.2) is 18.2 Å². The summed E-state index contributed by atoms with van der Waals surface area (Å²) >= 11 is 0. The Labute approximate surface area is 112 Å². The quantitative estimate of drug-likeness (QED) is 0.787. The van der Waals surface area contributed by atoms with Gasteiger partial charge >= 0.3 is 0 Å². The molecule has 1 aromatic heterocycles. The van der Waals surface area contributed by atoms with Crippen LogP contribution in [0.3, 0.4) is 0 Å². The number of carbonyl (C=O) groups excluding carboxylic acids is 1. The highest BCUT2D eigenvalue weighted by molar-refractivity contribution is 5.96. The van der Waals surface area contributed by atoms with E-state index in [0.29, 0.717) is 12.3 Å². The molecule has 0 unspecified atom stereocenters. The number of aryl methyl sites for hydroxylation is 1. The van der Waals surface area contributed by atoms with Crippen LogP contribution in [-0.2, 0) is 4.79 Å². The summed E-state index contributed by atoms with van der Waals surface area (Å²) in [7, 11) is 0. The molecular formula is C14H20N4O. The summed E-state index contributed by atoms with van der Waals surface area (Å²) in [4.78, 5) is 19.4. The van der Waals surface area contributed by atoms with Crippen LogP contribution in [0, 0.1) is 12.8 Å². The van der Waals surface area contributed by atoms with E-state index in [9.17, 15) is 4.79 Å². The van der Waals surface area contributed by atoms with Crippen molar-refractivity contribution < 1.29 is 4.79 Å². The standard InChI is InChI=1S/C14H20N4O/c1-8(2)6-11(15)14(19)18-10-4-5-12-13(7-10)17-9(3)16-12/h4-5,7-8,11H,6,15H2,1-3H3,(H,16,17)(H,18,19)/t11-/m1/s1. The number of benzene rings is 1. The highest BCUT2D eigenvalue weighted by Crippen LogP contribution is 2.17. The fraction of sp³-hybridized carbons (Fsp3) is 0.429. The number of rotatable bonds is 4. The van der Waals surface area contributed by atoms with E-state index in [0.717, 1.165) is 22.5 Å². The van der Waals surface area contributed by atoms with Gasteiger partial charge < -0.3 is 16.0 Å². The smallest absolute Gasteiger partial charge is 0.241 e. The lowest BCUT2D eigenvalue weighted by Gasteiger charge is -2.14. The van der Waals surface area contributed by atoms with Gasteiger partial charge in [-0.15, -0.1) is 0 Å². The molecule has 1 amide bonds. The first-order valence-corrected chi connectivity index (χ1v) is 6.48. The number of H-pyrrole nitrogens is 1. The zero-order chi connectivity index (χ0) is 14.0. The van der Waals surface area contributed by atoms with E-state index >= 15 is 0 Å². The molecular weight excluding hydrogens is 240 g/mol. The molecule has 0 aliphatic heterocycles. The van der Waals surface area contributed by atoms with Gasteiger partial charge in [0.2, 0.25) is 5.91 Å². The monoisotopic (exact) mass is 260 g/mol. The van der Waals surface area contributed by atoms with Gasteiger partial charge in [0.05, 0.1) is 17.1 Å². The average molecular weight is 260 g/mol. The third kappa shape index (κ3) is 3.32. The second kappa shape index (κ2) is 5.40. The molecule has 0 aliphatic rings. The fourth-order valence-electron chi connectivity index (χ4n) is 2.06. The Bertz CT molecular complexity index is 588. The minimum Gasteiger partial charge on any atom is -0.342 e. The molecule has 1 aromatic carbocycles. The van der Waals surface area contributed by atoms with Crippen LogP contribution in [0.5, 0.6) is 0 Å². The van der Waals surface area contributed by atoms with Crippen molar-refractivity contribution >= 4 is 22.6 Å². The Morgan fingerprint density at radius 2 is 2.21 bits per heavy atom. The molecule has 0 spiro atoms. The van der Waals surface area contributed by atoms with Crippen LogP contribution in [0.1, 0.15) is 26.1 Å². The number of nitrogens with zero attached hydrogens (tertiary/aromatic N) is 1. The van der Waals surface area contributed by atoms with E-state index in [1.165, 1.54) is 0 Å². The minimum absolute atomic E-state index is 0.149. The number of amides is 1. The molecule has 4 N–H and O–H groups in total. The van der Waals surface area contributed by atoms with Gasteiger partial charge in [0.25, 0.3) is 0 Å². The summed E-state index contributed by atoms with van der Waals surface area (Å²) in [5, 5.41) is 2.84. The molecule has 0 radical (unpaired) electrons. The number of anilines is 1. The number of imidazole rings is 1. The number of nitrogens with two attached hydrogens (primary N) is 1. The maximum Gasteiger partial charge on any atom is 0.241 e. The second-order valence-electron chi connectivity index (χ2n) is 5.28. The Morgan fingerprint density at radius 3 is 2.89 bits per heavy atom. The maximum absolute atomic E-state index is 11.9. The van der Waals surface area contributed by atoms with E-state index < -0.39 is 6.04 Å². The van der Waals surface area contributed by atoms with Crippen molar-refractivity contribution in [2.45, 2.75) is 33.2 Å². The van der Waals surface area contributed by atoms with Gasteiger partial charge in [-0.3, -0.25) is 4.79 Å². The first-order valence-electron chi connectivity index (χ1n) is 6.48. The van der Waals surface area contributed by atoms with Crippen molar-refractivity contribution in [2.75, 3.05) is 5.32 Å². The van der Waals surface area contributed by atoms with Crippen molar-refractivity contribution in [2.24, 2.45) is 11.7 Å². The number of hydrogen-bond acceptors (Lipinski definition) is 3. The van der Waals surface area contributed by atoms with Crippen molar-refractivity contribution in [1.82, 2.24) is 9.97 Å². The molecule has 0 fully saturated rings. The van der Waals surface area contributed by atoms with Gasteiger partial charge in [0.15, 0.2) is 0 Å². The Morgan fingerprint density at radius 1 is 1.47 bits per heavy atom. The number of aromatic nitrogens is 2. The Kier molecular flexibility index (Phi) is 3.85. The highest BCUT2D eigenvalue weighted by Gasteiger charge is 2.15. The summed E-state index contributed by atoms with van der Waals surface area (Å²) in [6.07, 6.45) is 0.678. The van der Waals surface area contributed by atoms with Gasteiger partial charge in [0, 0.05) is 5.69 Å². The summed E-state index contributed by atoms with van der Waals surface area (Å²) in [5.41, 5.74) is 8.39. The van der Waals surface area contributed by atoms with Gasteiger partial charge in [-0.05, 0) is 37.5 Å². The van der Waals surface area contributed by atoms with Gasteiger partial charge in [-0.2, -0.15) is 0 Å². The molecule has 1 atom stereocenters. The summed E-state index contributed by atoms with van der Waals surface area (Å²) < 4.78 is 0. The van der Waals surface area contributed by atoms with Crippen molar-refractivity contribution in [3.63, 3.8) is 0 Å². The van der Waals surface area contributed by atoms with Gasteiger partial charge in [-0.25, -0.2) is 4.98 Å². The molecule has 102 valence electrons. The number of fused-ring (bicyclic) bond motifs is 1. The summed E-state index contributed by atoms with van der Waals surface area (Å²) in [6.45, 7) is 6.00. The minimum atomic E-state index is -0.473. The van der Waals surface area contributed by atoms with Crippen molar-refractivity contribution in [1.29, 1.82) is 0 Å². The fourth-order valence-corrected chi connectivity index (χ4v) is 2.06. The average Bonchev–Trinajstić information content (AvgIpc) is 2.67. The first-order chi connectivity index (χ1) is 8.95. The van der Waals surface area contributed by atoms with Crippen LogP contribution in [0.2, 0.25) is 0 Å². The largest absolute Gasteiger partial charge is 0.342 e. The molecule has 1 heterocycles. The Hall–Kier alpha value is -1.88.